The third-order valence-electron chi connectivity index (χ3n) is 6.83. The van der Waals surface area contributed by atoms with Crippen molar-refractivity contribution in [2.75, 3.05) is 75.6 Å². The number of amides is 1. The number of rotatable bonds is 12. The van der Waals surface area contributed by atoms with E-state index < -0.39 is 23.8 Å². The predicted octanol–water partition coefficient (Wildman–Crippen LogP) is 2.23. The number of anilines is 4. The average Bonchev–Trinajstić information content (AvgIpc) is 3.60. The van der Waals surface area contributed by atoms with Gasteiger partial charge in [-0.2, -0.15) is 23.3 Å². The molecule has 0 radical (unpaired) electrons. The zero-order chi connectivity index (χ0) is 30.3. The first-order valence-electron chi connectivity index (χ1n) is 13.7. The standard InChI is InChI=1S/C26H36F3N9O4/c1-18(42-24(40)26(27,28)29)23(39)38-9-4-6-20(38)15-30-22-21(36-10-12-41-13-11-36)16-31-25(34-22)33-19-14-32-37(17-19)8-5-7-35(2)3/h14,16-17,20H,1,4-13,15H2,2-3H3,(H2,30,31,33,34)/t20-/m1/s1. The van der Waals surface area contributed by atoms with E-state index in [0.29, 0.717) is 57.5 Å². The molecule has 2 aliphatic rings. The topological polar surface area (TPSA) is 130 Å². The molecule has 230 valence electrons. The molecule has 0 spiro atoms. The number of nitrogens with zero attached hydrogens (tertiary/aromatic N) is 7. The molecular formula is C26H36F3N9O4. The van der Waals surface area contributed by atoms with E-state index in [0.717, 1.165) is 30.9 Å². The predicted molar refractivity (Wildman–Crippen MR) is 148 cm³/mol. The van der Waals surface area contributed by atoms with Gasteiger partial charge in [-0.1, -0.05) is 6.58 Å². The Morgan fingerprint density at radius 2 is 1.98 bits per heavy atom. The number of hydrogen-bond acceptors (Lipinski definition) is 11. The first-order chi connectivity index (χ1) is 20.0. The summed E-state index contributed by atoms with van der Waals surface area (Å²) in [7, 11) is 4.04. The summed E-state index contributed by atoms with van der Waals surface area (Å²) < 4.78 is 49.3. The Labute approximate surface area is 241 Å². The maximum absolute atomic E-state index is 12.8. The zero-order valence-electron chi connectivity index (χ0n) is 23.7. The molecule has 13 nitrogen and oxygen atoms in total. The van der Waals surface area contributed by atoms with Gasteiger partial charge in [0.15, 0.2) is 11.6 Å². The van der Waals surface area contributed by atoms with E-state index in [1.165, 1.54) is 4.90 Å². The van der Waals surface area contributed by atoms with Crippen LogP contribution in [-0.2, 0) is 25.6 Å². The first-order valence-corrected chi connectivity index (χ1v) is 13.7. The van der Waals surface area contributed by atoms with Crippen LogP contribution in [0.1, 0.15) is 19.3 Å². The van der Waals surface area contributed by atoms with Crippen LogP contribution >= 0.6 is 0 Å². The molecule has 2 aliphatic heterocycles. The Kier molecular flexibility index (Phi) is 10.2. The van der Waals surface area contributed by atoms with Gasteiger partial charge in [-0.05, 0) is 39.9 Å². The number of nitrogens with one attached hydrogen (secondary N) is 2. The highest BCUT2D eigenvalue weighted by atomic mass is 19.4. The van der Waals surface area contributed by atoms with E-state index in [2.05, 4.69) is 41.8 Å². The average molecular weight is 596 g/mol. The second-order valence-electron chi connectivity index (χ2n) is 10.3. The molecule has 0 saturated carbocycles. The molecule has 42 heavy (non-hydrogen) atoms. The third-order valence-corrected chi connectivity index (χ3v) is 6.83. The molecule has 1 amide bonds. The molecule has 0 bridgehead atoms. The molecular weight excluding hydrogens is 559 g/mol. The molecule has 0 unspecified atom stereocenters. The Morgan fingerprint density at radius 3 is 2.69 bits per heavy atom. The molecule has 4 rings (SSSR count). The lowest BCUT2D eigenvalue weighted by atomic mass is 10.2. The number of alkyl halides is 3. The maximum Gasteiger partial charge on any atom is 0.491 e. The van der Waals surface area contributed by atoms with Crippen molar-refractivity contribution in [3.63, 3.8) is 0 Å². The van der Waals surface area contributed by atoms with E-state index in [1.807, 2.05) is 25.0 Å². The Bertz CT molecular complexity index is 1250. The van der Waals surface area contributed by atoms with Crippen molar-refractivity contribution in [3.05, 3.63) is 30.9 Å². The molecule has 2 saturated heterocycles. The number of morpholine rings is 1. The van der Waals surface area contributed by atoms with Crippen LogP contribution in [0.25, 0.3) is 0 Å². The normalized spacial score (nSPS) is 17.4. The fourth-order valence-corrected chi connectivity index (χ4v) is 4.73. The second-order valence-corrected chi connectivity index (χ2v) is 10.3. The Hall–Kier alpha value is -3.92. The SMILES string of the molecule is C=C(OC(=O)C(F)(F)F)C(=O)N1CCC[C@@H]1CNc1nc(Nc2cnn(CCCN(C)C)c2)ncc1N1CCOCC1. The van der Waals surface area contributed by atoms with Gasteiger partial charge in [0, 0.05) is 45.0 Å². The quantitative estimate of drug-likeness (QED) is 0.213. The number of halogens is 3. The van der Waals surface area contributed by atoms with Gasteiger partial charge >= 0.3 is 12.1 Å². The van der Waals surface area contributed by atoms with Crippen molar-refractivity contribution in [2.24, 2.45) is 0 Å². The smallest absolute Gasteiger partial charge is 0.415 e. The van der Waals surface area contributed by atoms with Crippen LogP contribution in [0.15, 0.2) is 30.9 Å². The summed E-state index contributed by atoms with van der Waals surface area (Å²) in [4.78, 5) is 38.7. The third kappa shape index (κ3) is 8.31. The number of ether oxygens (including phenoxy) is 2. The van der Waals surface area contributed by atoms with Gasteiger partial charge in [0.05, 0.1) is 37.0 Å². The van der Waals surface area contributed by atoms with Crippen LogP contribution < -0.4 is 15.5 Å². The number of hydrogen-bond donors (Lipinski definition) is 2. The van der Waals surface area contributed by atoms with Crippen LogP contribution in [0.2, 0.25) is 0 Å². The molecule has 2 aromatic heterocycles. The van der Waals surface area contributed by atoms with E-state index in [1.54, 1.807) is 12.4 Å². The lowest BCUT2D eigenvalue weighted by Crippen LogP contribution is -2.42. The molecule has 16 heteroatoms. The van der Waals surface area contributed by atoms with Gasteiger partial charge in [-0.3, -0.25) is 9.48 Å². The van der Waals surface area contributed by atoms with E-state index in [9.17, 15) is 22.8 Å². The second kappa shape index (κ2) is 13.8. The summed E-state index contributed by atoms with van der Waals surface area (Å²) >= 11 is 0. The number of aromatic nitrogens is 4. The van der Waals surface area contributed by atoms with Crippen LogP contribution in [0, 0.1) is 0 Å². The largest absolute Gasteiger partial charge is 0.491 e. The van der Waals surface area contributed by atoms with Gasteiger partial charge in [0.25, 0.3) is 5.91 Å². The van der Waals surface area contributed by atoms with Crippen molar-refractivity contribution < 1.29 is 32.2 Å². The summed E-state index contributed by atoms with van der Waals surface area (Å²) in [5.74, 6) is -3.35. The highest BCUT2D eigenvalue weighted by Gasteiger charge is 2.43. The fourth-order valence-electron chi connectivity index (χ4n) is 4.73. The molecule has 0 aromatic carbocycles. The summed E-state index contributed by atoms with van der Waals surface area (Å²) in [5.41, 5.74) is 1.48. The van der Waals surface area contributed by atoms with Crippen LogP contribution in [-0.4, -0.2) is 114 Å². The van der Waals surface area contributed by atoms with Gasteiger partial charge in [0.1, 0.15) is 0 Å². The fraction of sp³-hybridized carbons (Fsp3) is 0.577. The van der Waals surface area contributed by atoms with Crippen LogP contribution in [0.5, 0.6) is 0 Å². The highest BCUT2D eigenvalue weighted by Crippen LogP contribution is 2.28. The number of likely N-dealkylation sites (tertiary alicyclic amines) is 1. The van der Waals surface area contributed by atoms with Crippen molar-refractivity contribution in [1.29, 1.82) is 0 Å². The summed E-state index contributed by atoms with van der Waals surface area (Å²) in [6.45, 7) is 7.89. The molecule has 2 N–H and O–H groups in total. The number of carbonyl (C=O) groups is 2. The molecule has 4 heterocycles. The number of esters is 1. The highest BCUT2D eigenvalue weighted by molar-refractivity contribution is 5.94. The van der Waals surface area contributed by atoms with Crippen molar-refractivity contribution >= 4 is 35.0 Å². The molecule has 2 fully saturated rings. The van der Waals surface area contributed by atoms with Crippen LogP contribution in [0.4, 0.5) is 36.3 Å². The van der Waals surface area contributed by atoms with E-state index in [4.69, 9.17) is 9.72 Å². The summed E-state index contributed by atoms with van der Waals surface area (Å²) in [6.07, 6.45) is 2.23. The minimum Gasteiger partial charge on any atom is -0.415 e. The van der Waals surface area contributed by atoms with Crippen LogP contribution in [0.3, 0.4) is 0 Å². The maximum atomic E-state index is 12.8. The van der Waals surface area contributed by atoms with Gasteiger partial charge in [0.2, 0.25) is 5.95 Å². The minimum absolute atomic E-state index is 0.254. The zero-order valence-corrected chi connectivity index (χ0v) is 23.7. The number of carbonyl (C=O) groups excluding carboxylic acids is 2. The lowest BCUT2D eigenvalue weighted by molar-refractivity contribution is -0.196. The summed E-state index contributed by atoms with van der Waals surface area (Å²) in [5, 5.41) is 10.9. The van der Waals surface area contributed by atoms with E-state index >= 15 is 0 Å². The molecule has 1 atom stereocenters. The van der Waals surface area contributed by atoms with Crippen molar-refractivity contribution in [1.82, 2.24) is 29.5 Å². The minimum atomic E-state index is -5.23. The Balaban J connectivity index is 1.44. The van der Waals surface area contributed by atoms with Crippen molar-refractivity contribution in [3.8, 4) is 0 Å². The van der Waals surface area contributed by atoms with Gasteiger partial charge in [-0.15, -0.1) is 0 Å². The Morgan fingerprint density at radius 1 is 1.21 bits per heavy atom. The first kappa shape index (κ1) is 31.0. The monoisotopic (exact) mass is 595 g/mol. The summed E-state index contributed by atoms with van der Waals surface area (Å²) in [6, 6.07) is -0.386. The van der Waals surface area contributed by atoms with Gasteiger partial charge in [-0.25, -0.2) is 9.78 Å². The molecule has 2 aromatic rings. The van der Waals surface area contributed by atoms with Gasteiger partial charge < -0.3 is 34.8 Å². The van der Waals surface area contributed by atoms with Crippen molar-refractivity contribution in [2.45, 2.75) is 38.0 Å². The molecule has 0 aliphatic carbocycles. The number of aryl methyl sites for hydroxylation is 1. The van der Waals surface area contributed by atoms with E-state index in [-0.39, 0.29) is 12.6 Å². The lowest BCUT2D eigenvalue weighted by Gasteiger charge is -2.31.